The van der Waals surface area contributed by atoms with Gasteiger partial charge in [0, 0.05) is 22.5 Å². The number of rotatable bonds is 2. The SMILES string of the molecule is CON=C(C)c1ccc2c(c1)NC(=O)C2=C1C=Cc2ccccc2N1. The fourth-order valence-corrected chi connectivity index (χ4v) is 3.12. The van der Waals surface area contributed by atoms with Crippen molar-refractivity contribution < 1.29 is 9.63 Å². The van der Waals surface area contributed by atoms with E-state index in [1.165, 1.54) is 7.11 Å². The quantitative estimate of drug-likeness (QED) is 0.499. The second-order valence-electron chi connectivity index (χ2n) is 5.91. The highest BCUT2D eigenvalue weighted by molar-refractivity contribution is 6.33. The van der Waals surface area contributed by atoms with E-state index in [-0.39, 0.29) is 5.91 Å². The van der Waals surface area contributed by atoms with Crippen LogP contribution in [-0.4, -0.2) is 18.7 Å². The van der Waals surface area contributed by atoms with E-state index in [1.807, 2.05) is 61.5 Å². The first-order valence-electron chi connectivity index (χ1n) is 7.99. The van der Waals surface area contributed by atoms with Crippen LogP contribution in [0, 0.1) is 0 Å². The standard InChI is InChI=1S/C20H17N3O2/c1-12(23-25-2)14-7-9-15-18(11-14)22-20(24)19(15)17-10-8-13-5-3-4-6-16(13)21-17/h3-11,21H,1-2H3,(H,22,24). The first kappa shape index (κ1) is 15.2. The van der Waals surface area contributed by atoms with Crippen molar-refractivity contribution in [2.75, 3.05) is 17.7 Å². The predicted molar refractivity (Wildman–Crippen MR) is 100 cm³/mol. The molecule has 0 spiro atoms. The molecule has 0 fully saturated rings. The zero-order valence-electron chi connectivity index (χ0n) is 14.0. The zero-order valence-corrected chi connectivity index (χ0v) is 14.0. The van der Waals surface area contributed by atoms with E-state index in [2.05, 4.69) is 15.8 Å². The van der Waals surface area contributed by atoms with Crippen molar-refractivity contribution in [3.63, 3.8) is 0 Å². The molecule has 2 aliphatic heterocycles. The Labute approximate surface area is 145 Å². The lowest BCUT2D eigenvalue weighted by molar-refractivity contribution is -0.110. The van der Waals surface area contributed by atoms with Crippen LogP contribution in [-0.2, 0) is 9.63 Å². The van der Waals surface area contributed by atoms with Crippen molar-refractivity contribution in [1.29, 1.82) is 0 Å². The van der Waals surface area contributed by atoms with Gasteiger partial charge in [-0.3, -0.25) is 4.79 Å². The van der Waals surface area contributed by atoms with Crippen molar-refractivity contribution in [3.05, 3.63) is 70.9 Å². The number of nitrogens with one attached hydrogen (secondary N) is 2. The molecule has 2 aromatic rings. The molecule has 2 heterocycles. The van der Waals surface area contributed by atoms with Gasteiger partial charge in [-0.25, -0.2) is 0 Å². The van der Waals surface area contributed by atoms with E-state index < -0.39 is 0 Å². The number of nitrogens with zero attached hydrogens (tertiary/aromatic N) is 1. The monoisotopic (exact) mass is 331 g/mol. The smallest absolute Gasteiger partial charge is 0.258 e. The van der Waals surface area contributed by atoms with Gasteiger partial charge in [0.05, 0.1) is 17.0 Å². The van der Waals surface area contributed by atoms with Crippen molar-refractivity contribution in [2.45, 2.75) is 6.92 Å². The molecule has 4 rings (SSSR count). The number of benzene rings is 2. The summed E-state index contributed by atoms with van der Waals surface area (Å²) in [6.07, 6.45) is 3.96. The van der Waals surface area contributed by atoms with Crippen molar-refractivity contribution >= 4 is 34.6 Å². The van der Waals surface area contributed by atoms with Gasteiger partial charge < -0.3 is 15.5 Å². The largest absolute Gasteiger partial charge is 0.399 e. The summed E-state index contributed by atoms with van der Waals surface area (Å²) < 4.78 is 0. The fraction of sp³-hybridized carbons (Fsp3) is 0.100. The second kappa shape index (κ2) is 5.94. The van der Waals surface area contributed by atoms with Crippen LogP contribution in [0.4, 0.5) is 11.4 Å². The second-order valence-corrected chi connectivity index (χ2v) is 5.91. The topological polar surface area (TPSA) is 62.7 Å². The Morgan fingerprint density at radius 3 is 2.72 bits per heavy atom. The maximum atomic E-state index is 12.6. The van der Waals surface area contributed by atoms with Crippen LogP contribution in [0.15, 0.2) is 59.4 Å². The van der Waals surface area contributed by atoms with Crippen LogP contribution in [0.1, 0.15) is 23.6 Å². The Kier molecular flexibility index (Phi) is 3.61. The van der Waals surface area contributed by atoms with Crippen LogP contribution in [0.3, 0.4) is 0 Å². The number of hydrogen-bond donors (Lipinski definition) is 2. The molecule has 0 bridgehead atoms. The van der Waals surface area contributed by atoms with Crippen molar-refractivity contribution in [1.82, 2.24) is 0 Å². The number of fused-ring (bicyclic) bond motifs is 2. The van der Waals surface area contributed by atoms with E-state index in [0.717, 1.165) is 39.5 Å². The maximum Gasteiger partial charge on any atom is 0.258 e. The molecule has 0 aromatic heterocycles. The summed E-state index contributed by atoms with van der Waals surface area (Å²) in [4.78, 5) is 17.4. The fourth-order valence-electron chi connectivity index (χ4n) is 3.12. The highest BCUT2D eigenvalue weighted by atomic mass is 16.6. The Bertz CT molecular complexity index is 971. The van der Waals surface area contributed by atoms with Gasteiger partial charge in [-0.1, -0.05) is 41.6 Å². The lowest BCUT2D eigenvalue weighted by Crippen LogP contribution is -2.11. The van der Waals surface area contributed by atoms with Gasteiger partial charge in [-0.05, 0) is 30.7 Å². The Morgan fingerprint density at radius 1 is 1.04 bits per heavy atom. The molecule has 0 unspecified atom stereocenters. The van der Waals surface area contributed by atoms with E-state index in [4.69, 9.17) is 4.84 Å². The summed E-state index contributed by atoms with van der Waals surface area (Å²) in [6, 6.07) is 13.8. The average Bonchev–Trinajstić information content (AvgIpc) is 2.96. The minimum Gasteiger partial charge on any atom is -0.399 e. The van der Waals surface area contributed by atoms with E-state index in [0.29, 0.717) is 5.57 Å². The molecule has 2 aliphatic rings. The summed E-state index contributed by atoms with van der Waals surface area (Å²) in [7, 11) is 1.51. The van der Waals surface area contributed by atoms with Crippen LogP contribution >= 0.6 is 0 Å². The molecular formula is C20H17N3O2. The van der Waals surface area contributed by atoms with Crippen LogP contribution < -0.4 is 10.6 Å². The number of carbonyl (C=O) groups is 1. The summed E-state index contributed by atoms with van der Waals surface area (Å²) in [5, 5.41) is 10.2. The molecule has 0 aliphatic carbocycles. The molecule has 5 nitrogen and oxygen atoms in total. The first-order valence-corrected chi connectivity index (χ1v) is 7.99. The zero-order chi connectivity index (χ0) is 17.4. The molecule has 5 heteroatoms. The minimum absolute atomic E-state index is 0.111. The molecule has 2 aromatic carbocycles. The normalized spacial score (nSPS) is 18.3. The number of oxime groups is 1. The number of allylic oxidation sites excluding steroid dienone is 1. The maximum absolute atomic E-state index is 12.6. The van der Waals surface area contributed by atoms with Crippen molar-refractivity contribution in [3.8, 4) is 0 Å². The number of para-hydroxylation sites is 1. The van der Waals surface area contributed by atoms with E-state index in [9.17, 15) is 4.79 Å². The number of carbonyl (C=O) groups excluding carboxylic acids is 1. The Morgan fingerprint density at radius 2 is 1.88 bits per heavy atom. The summed E-state index contributed by atoms with van der Waals surface area (Å²) in [5.74, 6) is -0.111. The third-order valence-electron chi connectivity index (χ3n) is 4.34. The van der Waals surface area contributed by atoms with Gasteiger partial charge in [-0.15, -0.1) is 0 Å². The van der Waals surface area contributed by atoms with Gasteiger partial charge in [0.15, 0.2) is 0 Å². The average molecular weight is 331 g/mol. The number of hydrogen-bond acceptors (Lipinski definition) is 4. The third-order valence-corrected chi connectivity index (χ3v) is 4.34. The first-order chi connectivity index (χ1) is 12.2. The summed E-state index contributed by atoms with van der Waals surface area (Å²) in [5.41, 5.74) is 6.87. The molecule has 2 N–H and O–H groups in total. The molecule has 124 valence electrons. The van der Waals surface area contributed by atoms with Crippen molar-refractivity contribution in [2.24, 2.45) is 5.16 Å². The van der Waals surface area contributed by atoms with Gasteiger partial charge in [0.1, 0.15) is 7.11 Å². The molecule has 1 amide bonds. The van der Waals surface area contributed by atoms with Gasteiger partial charge >= 0.3 is 0 Å². The predicted octanol–water partition coefficient (Wildman–Crippen LogP) is 3.86. The molecule has 0 saturated heterocycles. The number of anilines is 2. The van der Waals surface area contributed by atoms with Crippen LogP contribution in [0.2, 0.25) is 0 Å². The van der Waals surface area contributed by atoms with E-state index in [1.54, 1.807) is 0 Å². The minimum atomic E-state index is -0.111. The lowest BCUT2D eigenvalue weighted by atomic mass is 9.99. The summed E-state index contributed by atoms with van der Waals surface area (Å²) in [6.45, 7) is 1.86. The highest BCUT2D eigenvalue weighted by Gasteiger charge is 2.28. The Hall–Kier alpha value is -3.34. The van der Waals surface area contributed by atoms with Crippen LogP contribution in [0.5, 0.6) is 0 Å². The third kappa shape index (κ3) is 2.59. The highest BCUT2D eigenvalue weighted by Crippen LogP contribution is 2.37. The molecule has 0 atom stereocenters. The Balaban J connectivity index is 1.78. The number of amides is 1. The molecule has 0 saturated carbocycles. The molecular weight excluding hydrogens is 314 g/mol. The van der Waals surface area contributed by atoms with Gasteiger partial charge in [0.25, 0.3) is 5.91 Å². The van der Waals surface area contributed by atoms with Crippen LogP contribution in [0.25, 0.3) is 11.6 Å². The van der Waals surface area contributed by atoms with E-state index >= 15 is 0 Å². The summed E-state index contributed by atoms with van der Waals surface area (Å²) >= 11 is 0. The van der Waals surface area contributed by atoms with Gasteiger partial charge in [-0.2, -0.15) is 0 Å². The van der Waals surface area contributed by atoms with Gasteiger partial charge in [0.2, 0.25) is 0 Å². The lowest BCUT2D eigenvalue weighted by Gasteiger charge is -2.17. The molecule has 0 radical (unpaired) electrons. The molecule has 25 heavy (non-hydrogen) atoms.